The van der Waals surface area contributed by atoms with Crippen LogP contribution in [0.5, 0.6) is 0 Å². The molecule has 0 bridgehead atoms. The lowest BCUT2D eigenvalue weighted by Gasteiger charge is -2.38. The smallest absolute Gasteiger partial charge is 0.252 e. The van der Waals surface area contributed by atoms with E-state index in [0.717, 1.165) is 38.9 Å². The summed E-state index contributed by atoms with van der Waals surface area (Å²) in [4.78, 5) is 16.4. The number of alkyl halides is 2. The van der Waals surface area contributed by atoms with Gasteiger partial charge in [-0.3, -0.25) is 9.69 Å². The monoisotopic (exact) mass is 346 g/mol. The van der Waals surface area contributed by atoms with Crippen molar-refractivity contribution in [2.75, 3.05) is 32.7 Å². The zero-order valence-corrected chi connectivity index (χ0v) is 15.4. The molecule has 0 N–H and O–H groups in total. The van der Waals surface area contributed by atoms with Crippen LogP contribution in [0.4, 0.5) is 8.78 Å². The molecule has 1 amide bonds. The third-order valence-electron chi connectivity index (χ3n) is 5.35. The van der Waals surface area contributed by atoms with Crippen LogP contribution in [0.15, 0.2) is 0 Å². The molecule has 0 spiro atoms. The second-order valence-electron chi connectivity index (χ2n) is 8.06. The van der Waals surface area contributed by atoms with Crippen LogP contribution in [0.25, 0.3) is 0 Å². The second-order valence-corrected chi connectivity index (χ2v) is 8.06. The fourth-order valence-corrected chi connectivity index (χ4v) is 3.76. The van der Waals surface area contributed by atoms with E-state index in [1.807, 2.05) is 0 Å². The minimum Gasteiger partial charge on any atom is -0.373 e. The number of morpholine rings is 1. The molecule has 2 fully saturated rings. The van der Waals surface area contributed by atoms with Crippen LogP contribution in [-0.2, 0) is 9.53 Å². The number of hydrogen-bond donors (Lipinski definition) is 0. The van der Waals surface area contributed by atoms with Gasteiger partial charge in [-0.25, -0.2) is 8.78 Å². The van der Waals surface area contributed by atoms with Gasteiger partial charge in [0, 0.05) is 26.2 Å². The third kappa shape index (κ3) is 4.88. The maximum Gasteiger partial charge on any atom is 0.252 e. The lowest BCUT2D eigenvalue weighted by molar-refractivity contribution is -0.150. The first-order chi connectivity index (χ1) is 11.2. The van der Waals surface area contributed by atoms with Gasteiger partial charge in [-0.1, -0.05) is 0 Å². The highest BCUT2D eigenvalue weighted by molar-refractivity contribution is 5.82. The van der Waals surface area contributed by atoms with Gasteiger partial charge in [0.15, 0.2) is 0 Å². The molecule has 0 aromatic rings. The van der Waals surface area contributed by atoms with Gasteiger partial charge in [0.05, 0.1) is 12.2 Å². The number of ether oxygens (including phenoxy) is 1. The largest absolute Gasteiger partial charge is 0.373 e. The summed E-state index contributed by atoms with van der Waals surface area (Å²) >= 11 is 0. The summed E-state index contributed by atoms with van der Waals surface area (Å²) in [6.45, 7) is 11.1. The number of carbonyl (C=O) groups excluding carboxylic acids is 1. The van der Waals surface area contributed by atoms with Crippen molar-refractivity contribution in [2.45, 2.75) is 65.6 Å². The fourth-order valence-electron chi connectivity index (χ4n) is 3.76. The van der Waals surface area contributed by atoms with Gasteiger partial charge < -0.3 is 9.64 Å². The Morgan fingerprint density at radius 1 is 1.17 bits per heavy atom. The lowest BCUT2D eigenvalue weighted by Crippen LogP contribution is -2.48. The second kappa shape index (κ2) is 8.09. The van der Waals surface area contributed by atoms with E-state index in [-0.39, 0.29) is 12.2 Å². The van der Waals surface area contributed by atoms with Crippen LogP contribution in [-0.4, -0.2) is 67.1 Å². The Balaban J connectivity index is 1.74. The lowest BCUT2D eigenvalue weighted by atomic mass is 9.88. The number of nitrogens with zero attached hydrogens (tertiary/aromatic N) is 2. The summed E-state index contributed by atoms with van der Waals surface area (Å²) < 4.78 is 31.8. The van der Waals surface area contributed by atoms with Gasteiger partial charge in [-0.15, -0.1) is 0 Å². The first-order valence-corrected chi connectivity index (χ1v) is 9.15. The topological polar surface area (TPSA) is 32.8 Å². The standard InChI is InChI=1S/C18H32F2N2O2/c1-13-11-21(12-14(2)24-13)8-5-15-6-9-22(10-7-15)17(23)18(3,4)16(19)20/h13-16H,5-12H2,1-4H3. The SMILES string of the molecule is CC1CN(CCC2CCN(C(=O)C(C)(C)C(F)F)CC2)CC(C)O1. The Hall–Kier alpha value is -0.750. The van der Waals surface area contributed by atoms with Crippen LogP contribution in [0.3, 0.4) is 0 Å². The Morgan fingerprint density at radius 2 is 1.71 bits per heavy atom. The summed E-state index contributed by atoms with van der Waals surface area (Å²) in [6, 6.07) is 0. The number of hydrogen-bond acceptors (Lipinski definition) is 3. The Labute approximate surface area is 144 Å². The van der Waals surface area contributed by atoms with Crippen LogP contribution < -0.4 is 0 Å². The molecule has 2 rings (SSSR count). The number of carbonyl (C=O) groups is 1. The molecular weight excluding hydrogens is 314 g/mol. The molecule has 4 nitrogen and oxygen atoms in total. The highest BCUT2D eigenvalue weighted by Crippen LogP contribution is 2.30. The van der Waals surface area contributed by atoms with Gasteiger partial charge in [-0.05, 0) is 59.4 Å². The predicted molar refractivity (Wildman–Crippen MR) is 90.2 cm³/mol. The van der Waals surface area contributed by atoms with E-state index in [9.17, 15) is 13.6 Å². The molecule has 0 radical (unpaired) electrons. The van der Waals surface area contributed by atoms with Crippen LogP contribution in [0, 0.1) is 11.3 Å². The van der Waals surface area contributed by atoms with Gasteiger partial charge in [0.1, 0.15) is 5.41 Å². The molecule has 2 aliphatic heterocycles. The van der Waals surface area contributed by atoms with E-state index >= 15 is 0 Å². The van der Waals surface area contributed by atoms with Gasteiger partial charge in [0.25, 0.3) is 6.43 Å². The average Bonchev–Trinajstić information content (AvgIpc) is 2.51. The van der Waals surface area contributed by atoms with Gasteiger partial charge in [0.2, 0.25) is 5.91 Å². The zero-order chi connectivity index (χ0) is 17.9. The number of likely N-dealkylation sites (tertiary alicyclic amines) is 1. The van der Waals surface area contributed by atoms with Crippen molar-refractivity contribution in [1.29, 1.82) is 0 Å². The summed E-state index contributed by atoms with van der Waals surface area (Å²) in [7, 11) is 0. The normalized spacial score (nSPS) is 27.7. The Kier molecular flexibility index (Phi) is 6.59. The minimum atomic E-state index is -2.62. The van der Waals surface area contributed by atoms with Crippen molar-refractivity contribution in [3.05, 3.63) is 0 Å². The summed E-state index contributed by atoms with van der Waals surface area (Å²) in [5.74, 6) is 0.170. The number of rotatable bonds is 5. The average molecular weight is 346 g/mol. The van der Waals surface area contributed by atoms with Crippen LogP contribution >= 0.6 is 0 Å². The molecule has 2 heterocycles. The van der Waals surface area contributed by atoms with E-state index < -0.39 is 17.7 Å². The third-order valence-corrected chi connectivity index (χ3v) is 5.35. The predicted octanol–water partition coefficient (Wildman–Crippen LogP) is 3.02. The molecule has 2 atom stereocenters. The van der Waals surface area contributed by atoms with Crippen molar-refractivity contribution in [2.24, 2.45) is 11.3 Å². The quantitative estimate of drug-likeness (QED) is 0.767. The molecule has 6 heteroatoms. The van der Waals surface area contributed by atoms with Crippen molar-refractivity contribution in [1.82, 2.24) is 9.80 Å². The van der Waals surface area contributed by atoms with E-state index in [2.05, 4.69) is 18.7 Å². The maximum atomic E-state index is 13.0. The molecule has 2 aliphatic rings. The van der Waals surface area contributed by atoms with Crippen molar-refractivity contribution in [3.8, 4) is 0 Å². The number of amides is 1. The molecular formula is C18H32F2N2O2. The van der Waals surface area contributed by atoms with E-state index in [4.69, 9.17) is 4.74 Å². The van der Waals surface area contributed by atoms with Crippen molar-refractivity contribution >= 4 is 5.91 Å². The first kappa shape index (κ1) is 19.6. The molecule has 0 aromatic heterocycles. The highest BCUT2D eigenvalue weighted by atomic mass is 19.3. The van der Waals surface area contributed by atoms with E-state index in [1.165, 1.54) is 13.8 Å². The Bertz CT molecular complexity index is 413. The van der Waals surface area contributed by atoms with E-state index in [1.54, 1.807) is 4.90 Å². The minimum absolute atomic E-state index is 0.282. The molecule has 2 saturated heterocycles. The first-order valence-electron chi connectivity index (χ1n) is 9.15. The molecule has 24 heavy (non-hydrogen) atoms. The van der Waals surface area contributed by atoms with Gasteiger partial charge in [-0.2, -0.15) is 0 Å². The molecule has 2 unspecified atom stereocenters. The zero-order valence-electron chi connectivity index (χ0n) is 15.4. The maximum absolute atomic E-state index is 13.0. The Morgan fingerprint density at radius 3 is 2.21 bits per heavy atom. The van der Waals surface area contributed by atoms with Crippen LogP contribution in [0.1, 0.15) is 47.0 Å². The number of piperidine rings is 1. The molecule has 0 aromatic carbocycles. The fraction of sp³-hybridized carbons (Fsp3) is 0.944. The van der Waals surface area contributed by atoms with Crippen molar-refractivity contribution < 1.29 is 18.3 Å². The number of halogens is 2. The van der Waals surface area contributed by atoms with Gasteiger partial charge >= 0.3 is 0 Å². The molecule has 140 valence electrons. The summed E-state index contributed by atoms with van der Waals surface area (Å²) in [5, 5.41) is 0. The van der Waals surface area contributed by atoms with Crippen molar-refractivity contribution in [3.63, 3.8) is 0 Å². The van der Waals surface area contributed by atoms with Crippen LogP contribution in [0.2, 0.25) is 0 Å². The van der Waals surface area contributed by atoms with E-state index in [0.29, 0.717) is 19.0 Å². The summed E-state index contributed by atoms with van der Waals surface area (Å²) in [6.07, 6.45) is 0.892. The summed E-state index contributed by atoms with van der Waals surface area (Å²) in [5.41, 5.74) is -1.58. The highest BCUT2D eigenvalue weighted by Gasteiger charge is 2.41. The molecule has 0 aliphatic carbocycles. The molecule has 0 saturated carbocycles.